The standard InChI is InChI=1S/C7H17N3O2S/c1-4-10(13(3,11)12)5-6(2)7(8)9/h6H,4-5H2,1-3H3,(H3,8,9). The van der Waals surface area contributed by atoms with Gasteiger partial charge in [-0.05, 0) is 0 Å². The van der Waals surface area contributed by atoms with Gasteiger partial charge in [-0.1, -0.05) is 13.8 Å². The van der Waals surface area contributed by atoms with Gasteiger partial charge in [-0.2, -0.15) is 0 Å². The minimum absolute atomic E-state index is 0.0158. The van der Waals surface area contributed by atoms with Crippen LogP contribution in [0.4, 0.5) is 0 Å². The fourth-order valence-electron chi connectivity index (χ4n) is 0.903. The number of nitrogens with zero attached hydrogens (tertiary/aromatic N) is 1. The van der Waals surface area contributed by atoms with Crippen LogP contribution in [0.3, 0.4) is 0 Å². The highest BCUT2D eigenvalue weighted by Crippen LogP contribution is 2.03. The van der Waals surface area contributed by atoms with Crippen LogP contribution in [0, 0.1) is 11.3 Å². The van der Waals surface area contributed by atoms with Crippen LogP contribution >= 0.6 is 0 Å². The number of amidine groups is 1. The third kappa shape index (κ3) is 4.23. The first-order chi connectivity index (χ1) is 5.79. The summed E-state index contributed by atoms with van der Waals surface area (Å²) in [6, 6.07) is 0. The van der Waals surface area contributed by atoms with Crippen molar-refractivity contribution < 1.29 is 8.42 Å². The fraction of sp³-hybridized carbons (Fsp3) is 0.857. The average Bonchev–Trinajstić information content (AvgIpc) is 1.96. The van der Waals surface area contributed by atoms with Gasteiger partial charge in [0.1, 0.15) is 0 Å². The van der Waals surface area contributed by atoms with E-state index in [1.54, 1.807) is 13.8 Å². The Balaban J connectivity index is 4.40. The summed E-state index contributed by atoms with van der Waals surface area (Å²) in [5, 5.41) is 7.13. The van der Waals surface area contributed by atoms with Crippen LogP contribution in [-0.4, -0.2) is 37.9 Å². The van der Waals surface area contributed by atoms with Gasteiger partial charge in [-0.3, -0.25) is 5.41 Å². The molecule has 0 aromatic carbocycles. The molecule has 78 valence electrons. The second kappa shape index (κ2) is 4.57. The molecule has 0 aliphatic heterocycles. The molecule has 0 aromatic heterocycles. The van der Waals surface area contributed by atoms with Crippen molar-refractivity contribution in [3.63, 3.8) is 0 Å². The minimum Gasteiger partial charge on any atom is -0.387 e. The highest BCUT2D eigenvalue weighted by molar-refractivity contribution is 7.88. The minimum atomic E-state index is -3.16. The molecule has 0 aliphatic rings. The summed E-state index contributed by atoms with van der Waals surface area (Å²) in [5.74, 6) is -0.211. The fourth-order valence-corrected chi connectivity index (χ4v) is 1.87. The second-order valence-electron chi connectivity index (χ2n) is 3.07. The normalized spacial score (nSPS) is 14.5. The zero-order valence-corrected chi connectivity index (χ0v) is 9.06. The van der Waals surface area contributed by atoms with Crippen LogP contribution in [0.15, 0.2) is 0 Å². The van der Waals surface area contributed by atoms with Crippen molar-refractivity contribution in [1.82, 2.24) is 4.31 Å². The number of rotatable bonds is 5. The van der Waals surface area contributed by atoms with Gasteiger partial charge in [0.25, 0.3) is 0 Å². The van der Waals surface area contributed by atoms with Gasteiger partial charge in [-0.25, -0.2) is 12.7 Å². The first-order valence-electron chi connectivity index (χ1n) is 4.08. The molecule has 0 saturated carbocycles. The Morgan fingerprint density at radius 3 is 2.31 bits per heavy atom. The monoisotopic (exact) mass is 207 g/mol. The van der Waals surface area contributed by atoms with E-state index in [1.807, 2.05) is 0 Å². The predicted octanol–water partition coefficient (Wildman–Crippen LogP) is -0.160. The van der Waals surface area contributed by atoms with E-state index in [2.05, 4.69) is 0 Å². The molecule has 6 heteroatoms. The molecule has 0 amide bonds. The van der Waals surface area contributed by atoms with Crippen LogP contribution in [0.5, 0.6) is 0 Å². The van der Waals surface area contributed by atoms with Crippen molar-refractivity contribution in [3.8, 4) is 0 Å². The molecular formula is C7H17N3O2S. The number of sulfonamides is 1. The first-order valence-corrected chi connectivity index (χ1v) is 5.92. The Labute approximate surface area is 79.5 Å². The third-order valence-electron chi connectivity index (χ3n) is 1.83. The van der Waals surface area contributed by atoms with Crippen molar-refractivity contribution in [1.29, 1.82) is 5.41 Å². The highest BCUT2D eigenvalue weighted by atomic mass is 32.2. The maximum atomic E-state index is 11.1. The van der Waals surface area contributed by atoms with Gasteiger partial charge in [0.2, 0.25) is 10.0 Å². The molecule has 1 atom stereocenters. The molecule has 13 heavy (non-hydrogen) atoms. The zero-order valence-electron chi connectivity index (χ0n) is 8.24. The van der Waals surface area contributed by atoms with E-state index in [1.165, 1.54) is 4.31 Å². The van der Waals surface area contributed by atoms with Gasteiger partial charge < -0.3 is 5.73 Å². The van der Waals surface area contributed by atoms with E-state index in [4.69, 9.17) is 11.1 Å². The van der Waals surface area contributed by atoms with Crippen LogP contribution < -0.4 is 5.73 Å². The summed E-state index contributed by atoms with van der Waals surface area (Å²) in [5.41, 5.74) is 5.24. The van der Waals surface area contributed by atoms with Crippen molar-refractivity contribution in [2.45, 2.75) is 13.8 Å². The zero-order chi connectivity index (χ0) is 10.6. The largest absolute Gasteiger partial charge is 0.387 e. The van der Waals surface area contributed by atoms with Gasteiger partial charge in [0.05, 0.1) is 12.1 Å². The molecule has 0 radical (unpaired) electrons. The van der Waals surface area contributed by atoms with E-state index in [-0.39, 0.29) is 18.3 Å². The van der Waals surface area contributed by atoms with Crippen molar-refractivity contribution in [2.75, 3.05) is 19.3 Å². The van der Waals surface area contributed by atoms with Crippen molar-refractivity contribution in [3.05, 3.63) is 0 Å². The lowest BCUT2D eigenvalue weighted by molar-refractivity contribution is 0.407. The van der Waals surface area contributed by atoms with Crippen LogP contribution in [0.1, 0.15) is 13.8 Å². The Bertz CT molecular complexity index is 273. The van der Waals surface area contributed by atoms with Crippen molar-refractivity contribution >= 4 is 15.9 Å². The van der Waals surface area contributed by atoms with E-state index in [0.717, 1.165) is 6.26 Å². The summed E-state index contributed by atoms with van der Waals surface area (Å²) in [6.45, 7) is 4.19. The lowest BCUT2D eigenvalue weighted by Crippen LogP contribution is -2.37. The smallest absolute Gasteiger partial charge is 0.211 e. The first kappa shape index (κ1) is 12.4. The summed E-state index contributed by atoms with van der Waals surface area (Å²) < 4.78 is 23.6. The number of hydrogen-bond acceptors (Lipinski definition) is 3. The Morgan fingerprint density at radius 2 is 2.08 bits per heavy atom. The van der Waals surface area contributed by atoms with Crippen LogP contribution in [-0.2, 0) is 10.0 Å². The Kier molecular flexibility index (Phi) is 4.35. The van der Waals surface area contributed by atoms with Gasteiger partial charge in [0, 0.05) is 19.0 Å². The molecule has 0 aliphatic carbocycles. The van der Waals surface area contributed by atoms with Gasteiger partial charge in [0.15, 0.2) is 0 Å². The molecule has 0 spiro atoms. The number of hydrogen-bond donors (Lipinski definition) is 2. The maximum absolute atomic E-state index is 11.1. The lowest BCUT2D eigenvalue weighted by Gasteiger charge is -2.21. The van der Waals surface area contributed by atoms with Gasteiger partial charge in [-0.15, -0.1) is 0 Å². The predicted molar refractivity (Wildman–Crippen MR) is 53.2 cm³/mol. The molecule has 5 nitrogen and oxygen atoms in total. The van der Waals surface area contributed by atoms with E-state index < -0.39 is 10.0 Å². The summed E-state index contributed by atoms with van der Waals surface area (Å²) in [6.07, 6.45) is 1.16. The average molecular weight is 207 g/mol. The SMILES string of the molecule is CCN(CC(C)C(=N)N)S(C)(=O)=O. The molecule has 1 unspecified atom stereocenters. The number of nitrogens with one attached hydrogen (secondary N) is 1. The quantitative estimate of drug-likeness (QED) is 0.485. The van der Waals surface area contributed by atoms with Gasteiger partial charge >= 0.3 is 0 Å². The molecule has 0 aromatic rings. The highest BCUT2D eigenvalue weighted by Gasteiger charge is 2.18. The topological polar surface area (TPSA) is 87.2 Å². The lowest BCUT2D eigenvalue weighted by atomic mass is 10.1. The van der Waals surface area contributed by atoms with Crippen LogP contribution in [0.2, 0.25) is 0 Å². The molecule has 0 saturated heterocycles. The second-order valence-corrected chi connectivity index (χ2v) is 5.05. The summed E-state index contributed by atoms with van der Waals surface area (Å²) in [4.78, 5) is 0. The molecular weight excluding hydrogens is 190 g/mol. The molecule has 3 N–H and O–H groups in total. The Hall–Kier alpha value is -0.620. The van der Waals surface area contributed by atoms with E-state index in [0.29, 0.717) is 6.54 Å². The molecule has 0 heterocycles. The summed E-state index contributed by atoms with van der Waals surface area (Å²) in [7, 11) is -3.16. The van der Waals surface area contributed by atoms with E-state index in [9.17, 15) is 8.42 Å². The third-order valence-corrected chi connectivity index (χ3v) is 3.18. The molecule has 0 fully saturated rings. The summed E-state index contributed by atoms with van der Waals surface area (Å²) >= 11 is 0. The number of nitrogens with two attached hydrogens (primary N) is 1. The van der Waals surface area contributed by atoms with Crippen LogP contribution in [0.25, 0.3) is 0 Å². The maximum Gasteiger partial charge on any atom is 0.211 e. The molecule has 0 bridgehead atoms. The van der Waals surface area contributed by atoms with E-state index >= 15 is 0 Å². The Morgan fingerprint density at radius 1 is 1.62 bits per heavy atom. The van der Waals surface area contributed by atoms with Crippen molar-refractivity contribution in [2.24, 2.45) is 11.7 Å². The molecule has 0 rings (SSSR count).